The predicted octanol–water partition coefficient (Wildman–Crippen LogP) is 0.0779. The summed E-state index contributed by atoms with van der Waals surface area (Å²) in [6.45, 7) is 0. The van der Waals surface area contributed by atoms with Crippen molar-refractivity contribution in [1.82, 2.24) is 4.57 Å². The van der Waals surface area contributed by atoms with E-state index in [1.54, 1.807) is 0 Å². The number of rotatable bonds is 2. The molecule has 0 atom stereocenters. The number of sulfonamides is 1. The Hall–Kier alpha value is -1.86. The second-order valence-electron chi connectivity index (χ2n) is 3.08. The van der Waals surface area contributed by atoms with E-state index in [2.05, 4.69) is 4.42 Å². The normalized spacial score (nSPS) is 11.6. The molecule has 0 saturated heterocycles. The van der Waals surface area contributed by atoms with Gasteiger partial charge in [-0.15, -0.1) is 0 Å². The summed E-state index contributed by atoms with van der Waals surface area (Å²) in [4.78, 5) is 11.1. The lowest BCUT2D eigenvalue weighted by Crippen LogP contribution is -2.13. The lowest BCUT2D eigenvalue weighted by Gasteiger charge is -2.01. The van der Waals surface area contributed by atoms with E-state index in [0.29, 0.717) is 5.69 Å². The number of benzene rings is 1. The standard InChI is InChI=1S/C9H8N2O4S/c10-16(13,14)8-3-1-7(2-4-8)11-5-6-15-9(11)12/h1-6H,(H2,10,13,14). The highest BCUT2D eigenvalue weighted by Gasteiger charge is 2.08. The third-order valence-electron chi connectivity index (χ3n) is 2.02. The lowest BCUT2D eigenvalue weighted by atomic mass is 10.3. The maximum atomic E-state index is 11.2. The number of oxazole rings is 1. The minimum atomic E-state index is -3.71. The minimum absolute atomic E-state index is 0.00667. The summed E-state index contributed by atoms with van der Waals surface area (Å²) < 4.78 is 27.8. The van der Waals surface area contributed by atoms with E-state index in [9.17, 15) is 13.2 Å². The topological polar surface area (TPSA) is 95.3 Å². The van der Waals surface area contributed by atoms with Crippen molar-refractivity contribution in [3.8, 4) is 5.69 Å². The number of aromatic nitrogens is 1. The molecule has 2 rings (SSSR count). The fourth-order valence-electron chi connectivity index (χ4n) is 1.26. The third kappa shape index (κ3) is 1.90. The van der Waals surface area contributed by atoms with E-state index in [-0.39, 0.29) is 4.90 Å². The molecule has 2 N–H and O–H groups in total. The Morgan fingerprint density at radius 3 is 2.25 bits per heavy atom. The van der Waals surface area contributed by atoms with Crippen LogP contribution in [0.15, 0.2) is 50.8 Å². The van der Waals surface area contributed by atoms with E-state index >= 15 is 0 Å². The van der Waals surface area contributed by atoms with E-state index in [1.807, 2.05) is 0 Å². The number of hydrogen-bond acceptors (Lipinski definition) is 4. The van der Waals surface area contributed by atoms with Crippen molar-refractivity contribution in [3.63, 3.8) is 0 Å². The van der Waals surface area contributed by atoms with Crippen molar-refractivity contribution < 1.29 is 12.8 Å². The van der Waals surface area contributed by atoms with Gasteiger partial charge in [-0.05, 0) is 24.3 Å². The van der Waals surface area contributed by atoms with Crippen LogP contribution in [0.5, 0.6) is 0 Å². The van der Waals surface area contributed by atoms with Crippen molar-refractivity contribution in [3.05, 3.63) is 47.3 Å². The molecule has 6 nitrogen and oxygen atoms in total. The van der Waals surface area contributed by atoms with Gasteiger partial charge in [0.15, 0.2) is 0 Å². The first-order valence-corrected chi connectivity index (χ1v) is 5.82. The Kier molecular flexibility index (Phi) is 2.41. The number of nitrogens with zero attached hydrogens (tertiary/aromatic N) is 1. The van der Waals surface area contributed by atoms with Crippen molar-refractivity contribution in [1.29, 1.82) is 0 Å². The molecule has 1 heterocycles. The van der Waals surface area contributed by atoms with E-state index < -0.39 is 15.8 Å². The highest BCUT2D eigenvalue weighted by Crippen LogP contribution is 2.10. The van der Waals surface area contributed by atoms with Gasteiger partial charge in [0.05, 0.1) is 16.8 Å². The molecule has 0 aliphatic carbocycles. The highest BCUT2D eigenvalue weighted by molar-refractivity contribution is 7.89. The molecule has 7 heteroatoms. The van der Waals surface area contributed by atoms with Crippen LogP contribution in [0.25, 0.3) is 5.69 Å². The third-order valence-corrected chi connectivity index (χ3v) is 2.95. The van der Waals surface area contributed by atoms with Gasteiger partial charge in [-0.25, -0.2) is 22.9 Å². The van der Waals surface area contributed by atoms with Crippen LogP contribution in [0.2, 0.25) is 0 Å². The fourth-order valence-corrected chi connectivity index (χ4v) is 1.77. The smallest absolute Gasteiger partial charge is 0.416 e. The first kappa shape index (κ1) is 10.7. The average Bonchev–Trinajstić information content (AvgIpc) is 2.63. The molecule has 0 fully saturated rings. The molecule has 0 spiro atoms. The van der Waals surface area contributed by atoms with Gasteiger partial charge in [-0.3, -0.25) is 0 Å². The van der Waals surface area contributed by atoms with Gasteiger partial charge < -0.3 is 4.42 Å². The van der Waals surface area contributed by atoms with E-state index in [1.165, 1.54) is 41.3 Å². The van der Waals surface area contributed by atoms with Gasteiger partial charge in [0.1, 0.15) is 6.26 Å². The minimum Gasteiger partial charge on any atom is -0.416 e. The van der Waals surface area contributed by atoms with Gasteiger partial charge in [0.25, 0.3) is 0 Å². The fraction of sp³-hybridized carbons (Fsp3) is 0. The van der Waals surface area contributed by atoms with Crippen LogP contribution in [0.4, 0.5) is 0 Å². The number of primary sulfonamides is 1. The summed E-state index contributed by atoms with van der Waals surface area (Å²) in [5.74, 6) is -0.539. The summed E-state index contributed by atoms with van der Waals surface area (Å²) in [5, 5.41) is 4.94. The Morgan fingerprint density at radius 1 is 1.19 bits per heavy atom. The van der Waals surface area contributed by atoms with Crippen LogP contribution in [-0.4, -0.2) is 13.0 Å². The van der Waals surface area contributed by atoms with Gasteiger partial charge in [0, 0.05) is 0 Å². The zero-order valence-corrected chi connectivity index (χ0v) is 8.85. The Balaban J connectivity index is 2.49. The summed E-state index contributed by atoms with van der Waals surface area (Å²) >= 11 is 0. The highest BCUT2D eigenvalue weighted by atomic mass is 32.2. The molecule has 1 aromatic heterocycles. The second-order valence-corrected chi connectivity index (χ2v) is 4.64. The molecule has 0 radical (unpaired) electrons. The van der Waals surface area contributed by atoms with Crippen LogP contribution in [0.1, 0.15) is 0 Å². The molecule has 0 aliphatic rings. The van der Waals surface area contributed by atoms with Gasteiger partial charge in [-0.1, -0.05) is 0 Å². The molecular weight excluding hydrogens is 232 g/mol. The first-order chi connectivity index (χ1) is 7.48. The molecule has 0 amide bonds. The quantitative estimate of drug-likeness (QED) is 0.803. The molecule has 0 aliphatic heterocycles. The molecule has 1 aromatic carbocycles. The van der Waals surface area contributed by atoms with Crippen LogP contribution in [0.3, 0.4) is 0 Å². The molecule has 0 unspecified atom stereocenters. The van der Waals surface area contributed by atoms with Crippen LogP contribution in [-0.2, 0) is 10.0 Å². The van der Waals surface area contributed by atoms with Crippen molar-refractivity contribution in [2.45, 2.75) is 4.90 Å². The molecule has 2 aromatic rings. The Morgan fingerprint density at radius 2 is 1.81 bits per heavy atom. The molecule has 0 saturated carbocycles. The maximum Gasteiger partial charge on any atom is 0.423 e. The SMILES string of the molecule is NS(=O)(=O)c1ccc(-n2ccoc2=O)cc1. The number of hydrogen-bond donors (Lipinski definition) is 1. The zero-order chi connectivity index (χ0) is 11.8. The Bertz CT molecular complexity index is 651. The van der Waals surface area contributed by atoms with Crippen LogP contribution >= 0.6 is 0 Å². The van der Waals surface area contributed by atoms with E-state index in [0.717, 1.165) is 0 Å². The zero-order valence-electron chi connectivity index (χ0n) is 8.03. The van der Waals surface area contributed by atoms with Crippen molar-refractivity contribution in [2.75, 3.05) is 0 Å². The van der Waals surface area contributed by atoms with Crippen LogP contribution < -0.4 is 10.9 Å². The van der Waals surface area contributed by atoms with Gasteiger partial charge in [-0.2, -0.15) is 0 Å². The monoisotopic (exact) mass is 240 g/mol. The van der Waals surface area contributed by atoms with Crippen molar-refractivity contribution in [2.24, 2.45) is 5.14 Å². The predicted molar refractivity (Wildman–Crippen MR) is 55.7 cm³/mol. The van der Waals surface area contributed by atoms with Gasteiger partial charge in [0.2, 0.25) is 10.0 Å². The lowest BCUT2D eigenvalue weighted by molar-refractivity contribution is 0.504. The second kappa shape index (κ2) is 3.62. The summed E-state index contributed by atoms with van der Waals surface area (Å²) in [6, 6.07) is 5.58. The van der Waals surface area contributed by atoms with E-state index in [4.69, 9.17) is 5.14 Å². The average molecular weight is 240 g/mol. The summed E-state index contributed by atoms with van der Waals surface area (Å²) in [5.41, 5.74) is 0.506. The Labute approximate surface area is 91.0 Å². The largest absolute Gasteiger partial charge is 0.423 e. The van der Waals surface area contributed by atoms with Crippen LogP contribution in [0, 0.1) is 0 Å². The maximum absolute atomic E-state index is 11.2. The molecular formula is C9H8N2O4S. The first-order valence-electron chi connectivity index (χ1n) is 4.28. The molecule has 84 valence electrons. The number of nitrogens with two attached hydrogens (primary N) is 1. The van der Waals surface area contributed by atoms with Gasteiger partial charge >= 0.3 is 5.76 Å². The van der Waals surface area contributed by atoms with Crippen molar-refractivity contribution >= 4 is 10.0 Å². The molecule has 16 heavy (non-hydrogen) atoms. The summed E-state index contributed by atoms with van der Waals surface area (Å²) in [6.07, 6.45) is 2.68. The molecule has 0 bridgehead atoms. The summed E-state index contributed by atoms with van der Waals surface area (Å²) in [7, 11) is -3.71.